The molecule has 0 bridgehead atoms. The Kier molecular flexibility index (Phi) is 4.49. The molecule has 4 nitrogen and oxygen atoms in total. The van der Waals surface area contributed by atoms with Crippen LogP contribution in [0.1, 0.15) is 21.6 Å². The van der Waals surface area contributed by atoms with Gasteiger partial charge in [-0.05, 0) is 61.0 Å². The van der Waals surface area contributed by atoms with Crippen molar-refractivity contribution in [2.24, 2.45) is 4.99 Å². The number of hydrogen-bond donors (Lipinski definition) is 1. The van der Waals surface area contributed by atoms with E-state index in [2.05, 4.69) is 4.99 Å². The predicted octanol–water partition coefficient (Wildman–Crippen LogP) is 4.89. The lowest BCUT2D eigenvalue weighted by atomic mass is 10.1. The van der Waals surface area contributed by atoms with Gasteiger partial charge in [0.1, 0.15) is 0 Å². The average molecular weight is 339 g/mol. The number of rotatable bonds is 4. The summed E-state index contributed by atoms with van der Waals surface area (Å²) in [6.07, 6.45) is 3.66. The zero-order chi connectivity index (χ0) is 17.1. The summed E-state index contributed by atoms with van der Waals surface area (Å²) in [6.45, 7) is 1.90. The molecule has 24 heavy (non-hydrogen) atoms. The molecule has 3 aromatic rings. The number of aryl methyl sites for hydroxylation is 1. The maximum absolute atomic E-state index is 11.1. The second kappa shape index (κ2) is 6.72. The summed E-state index contributed by atoms with van der Waals surface area (Å²) in [5.41, 5.74) is 3.64. The van der Waals surface area contributed by atoms with Crippen LogP contribution in [0, 0.1) is 6.92 Å². The Hall–Kier alpha value is -2.85. The number of halogens is 1. The van der Waals surface area contributed by atoms with Crippen LogP contribution in [-0.4, -0.2) is 21.9 Å². The maximum Gasteiger partial charge on any atom is 0.335 e. The molecule has 1 N–H and O–H groups in total. The summed E-state index contributed by atoms with van der Waals surface area (Å²) in [4.78, 5) is 15.6. The third kappa shape index (κ3) is 3.39. The monoisotopic (exact) mass is 338 g/mol. The van der Waals surface area contributed by atoms with Crippen LogP contribution in [0.25, 0.3) is 5.69 Å². The molecule has 2 aromatic carbocycles. The highest BCUT2D eigenvalue weighted by Crippen LogP contribution is 2.21. The molecule has 1 aromatic heterocycles. The summed E-state index contributed by atoms with van der Waals surface area (Å²) < 4.78 is 1.98. The van der Waals surface area contributed by atoms with Gasteiger partial charge in [0.25, 0.3) is 0 Å². The van der Waals surface area contributed by atoms with Gasteiger partial charge in [-0.3, -0.25) is 4.99 Å². The summed E-state index contributed by atoms with van der Waals surface area (Å²) in [5.74, 6) is -0.962. The van der Waals surface area contributed by atoms with Gasteiger partial charge in [-0.25, -0.2) is 4.79 Å². The van der Waals surface area contributed by atoms with Crippen LogP contribution in [0.4, 0.5) is 5.69 Å². The molecule has 5 heteroatoms. The van der Waals surface area contributed by atoms with Gasteiger partial charge in [-0.1, -0.05) is 17.7 Å². The van der Waals surface area contributed by atoms with Crippen LogP contribution in [0.3, 0.4) is 0 Å². The quantitative estimate of drug-likeness (QED) is 0.689. The van der Waals surface area contributed by atoms with E-state index in [1.165, 1.54) is 0 Å². The first-order chi connectivity index (χ1) is 11.5. The maximum atomic E-state index is 11.1. The standard InChI is InChI=1S/C19H15ClN2O2/c1-13-4-5-14(19(23)24)11-18(13)21-12-17-3-2-10-22(17)16-8-6-15(20)7-9-16/h2-12H,1H3,(H,23,24). The molecule has 0 atom stereocenters. The summed E-state index contributed by atoms with van der Waals surface area (Å²) in [7, 11) is 0. The molecule has 0 aliphatic rings. The highest BCUT2D eigenvalue weighted by Gasteiger charge is 2.06. The number of hydrogen-bond acceptors (Lipinski definition) is 2. The van der Waals surface area contributed by atoms with E-state index in [4.69, 9.17) is 16.7 Å². The third-order valence-electron chi connectivity index (χ3n) is 3.68. The van der Waals surface area contributed by atoms with Crippen molar-refractivity contribution in [3.63, 3.8) is 0 Å². The summed E-state index contributed by atoms with van der Waals surface area (Å²) >= 11 is 5.93. The SMILES string of the molecule is Cc1ccc(C(=O)O)cc1N=Cc1cccn1-c1ccc(Cl)cc1. The van der Waals surface area contributed by atoms with E-state index in [-0.39, 0.29) is 5.56 Å². The van der Waals surface area contributed by atoms with Gasteiger partial charge in [-0.15, -0.1) is 0 Å². The number of aromatic carboxylic acids is 1. The average Bonchev–Trinajstić information content (AvgIpc) is 3.03. The van der Waals surface area contributed by atoms with Crippen LogP contribution < -0.4 is 0 Å². The van der Waals surface area contributed by atoms with Crippen molar-refractivity contribution in [1.82, 2.24) is 4.57 Å². The minimum Gasteiger partial charge on any atom is -0.478 e. The first kappa shape index (κ1) is 16.0. The Labute approximate surface area is 144 Å². The number of carboxylic acids is 1. The van der Waals surface area contributed by atoms with Gasteiger partial charge < -0.3 is 9.67 Å². The zero-order valence-electron chi connectivity index (χ0n) is 13.0. The summed E-state index contributed by atoms with van der Waals surface area (Å²) in [5, 5.41) is 9.78. The van der Waals surface area contributed by atoms with Crippen LogP contribution in [0.5, 0.6) is 0 Å². The lowest BCUT2D eigenvalue weighted by Gasteiger charge is -2.07. The molecule has 0 aliphatic heterocycles. The topological polar surface area (TPSA) is 54.6 Å². The summed E-state index contributed by atoms with van der Waals surface area (Å²) in [6, 6.07) is 16.3. The first-order valence-electron chi connectivity index (χ1n) is 7.36. The first-order valence-corrected chi connectivity index (χ1v) is 7.74. The smallest absolute Gasteiger partial charge is 0.335 e. The van der Waals surface area contributed by atoms with Crippen LogP contribution in [0.15, 0.2) is 65.8 Å². The van der Waals surface area contributed by atoms with Crippen molar-refractivity contribution in [1.29, 1.82) is 0 Å². The zero-order valence-corrected chi connectivity index (χ0v) is 13.7. The minimum atomic E-state index is -0.962. The minimum absolute atomic E-state index is 0.223. The van der Waals surface area contributed by atoms with E-state index in [1.807, 2.05) is 54.1 Å². The van der Waals surface area contributed by atoms with Crippen LogP contribution >= 0.6 is 11.6 Å². The lowest BCUT2D eigenvalue weighted by molar-refractivity contribution is 0.0697. The largest absolute Gasteiger partial charge is 0.478 e. The number of benzene rings is 2. The van der Waals surface area contributed by atoms with Gasteiger partial charge in [0.05, 0.1) is 23.2 Å². The van der Waals surface area contributed by atoms with Gasteiger partial charge >= 0.3 is 5.97 Å². The van der Waals surface area contributed by atoms with Crippen LogP contribution in [0.2, 0.25) is 5.02 Å². The molecule has 0 amide bonds. The Balaban J connectivity index is 1.94. The fourth-order valence-corrected chi connectivity index (χ4v) is 2.48. The Bertz CT molecular complexity index is 911. The molecule has 1 heterocycles. The van der Waals surface area contributed by atoms with Gasteiger partial charge in [0.2, 0.25) is 0 Å². The number of carbonyl (C=O) groups is 1. The number of aromatic nitrogens is 1. The second-order valence-corrected chi connectivity index (χ2v) is 5.78. The molecule has 0 unspecified atom stereocenters. The van der Waals surface area contributed by atoms with Crippen LogP contribution in [-0.2, 0) is 0 Å². The van der Waals surface area contributed by atoms with E-state index in [0.29, 0.717) is 10.7 Å². The van der Waals surface area contributed by atoms with E-state index < -0.39 is 5.97 Å². The fraction of sp³-hybridized carbons (Fsp3) is 0.0526. The number of nitrogens with zero attached hydrogens (tertiary/aromatic N) is 2. The highest BCUT2D eigenvalue weighted by molar-refractivity contribution is 6.30. The lowest BCUT2D eigenvalue weighted by Crippen LogP contribution is -1.98. The molecular weight excluding hydrogens is 324 g/mol. The fourth-order valence-electron chi connectivity index (χ4n) is 2.35. The number of carboxylic acid groups (broad SMARTS) is 1. The molecule has 0 fully saturated rings. The van der Waals surface area contributed by atoms with E-state index in [1.54, 1.807) is 24.4 Å². The molecule has 0 saturated carbocycles. The van der Waals surface area contributed by atoms with Crippen molar-refractivity contribution in [3.8, 4) is 5.69 Å². The van der Waals surface area contributed by atoms with Crippen molar-refractivity contribution >= 4 is 29.5 Å². The second-order valence-electron chi connectivity index (χ2n) is 5.34. The molecule has 0 spiro atoms. The van der Waals surface area contributed by atoms with E-state index >= 15 is 0 Å². The highest BCUT2D eigenvalue weighted by atomic mass is 35.5. The molecule has 0 saturated heterocycles. The van der Waals surface area contributed by atoms with Crippen molar-refractivity contribution in [2.45, 2.75) is 6.92 Å². The van der Waals surface area contributed by atoms with Gasteiger partial charge in [0, 0.05) is 16.9 Å². The Morgan fingerprint density at radius 1 is 1.17 bits per heavy atom. The van der Waals surface area contributed by atoms with Gasteiger partial charge in [0.15, 0.2) is 0 Å². The van der Waals surface area contributed by atoms with Gasteiger partial charge in [-0.2, -0.15) is 0 Å². The predicted molar refractivity (Wildman–Crippen MR) is 96.2 cm³/mol. The molecule has 0 aliphatic carbocycles. The van der Waals surface area contributed by atoms with Crippen molar-refractivity contribution in [2.75, 3.05) is 0 Å². The van der Waals surface area contributed by atoms with Crippen molar-refractivity contribution < 1.29 is 9.90 Å². The van der Waals surface area contributed by atoms with E-state index in [0.717, 1.165) is 16.9 Å². The Morgan fingerprint density at radius 3 is 2.62 bits per heavy atom. The number of aliphatic imine (C=N–C) groups is 1. The molecule has 0 radical (unpaired) electrons. The third-order valence-corrected chi connectivity index (χ3v) is 3.93. The van der Waals surface area contributed by atoms with Crippen molar-refractivity contribution in [3.05, 3.63) is 82.6 Å². The Morgan fingerprint density at radius 2 is 1.92 bits per heavy atom. The van der Waals surface area contributed by atoms with E-state index in [9.17, 15) is 4.79 Å². The molecular formula is C19H15ClN2O2. The molecule has 3 rings (SSSR count). The molecule has 120 valence electrons. The normalized spacial score (nSPS) is 11.1.